The van der Waals surface area contributed by atoms with Gasteiger partial charge >= 0.3 is 11.9 Å². The van der Waals surface area contributed by atoms with Gasteiger partial charge in [0.1, 0.15) is 0 Å². The number of carbonyl (C=O) groups excluding carboxylic acids is 2. The van der Waals surface area contributed by atoms with Crippen molar-refractivity contribution in [2.45, 2.75) is 10.6 Å². The molecular formula is C19H17NO4S. The van der Waals surface area contributed by atoms with Gasteiger partial charge in [0.25, 0.3) is 0 Å². The Morgan fingerprint density at radius 2 is 1.76 bits per heavy atom. The number of methoxy groups -OCH3 is 2. The van der Waals surface area contributed by atoms with E-state index in [2.05, 4.69) is 4.98 Å². The van der Waals surface area contributed by atoms with Crippen molar-refractivity contribution >= 4 is 34.6 Å². The molecule has 3 aromatic rings. The Labute approximate surface area is 149 Å². The molecule has 3 rings (SSSR count). The van der Waals surface area contributed by atoms with Crippen molar-refractivity contribution in [1.29, 1.82) is 0 Å². The minimum absolute atomic E-state index is 0.193. The Bertz CT molecular complexity index is 918. The maximum atomic E-state index is 12.2. The predicted molar refractivity (Wildman–Crippen MR) is 97.0 cm³/mol. The zero-order valence-electron chi connectivity index (χ0n) is 13.9. The Balaban J connectivity index is 2.08. The Kier molecular flexibility index (Phi) is 5.09. The molecule has 0 atom stereocenters. The first-order valence-corrected chi connectivity index (χ1v) is 8.61. The van der Waals surface area contributed by atoms with Gasteiger partial charge in [-0.15, -0.1) is 11.8 Å². The fraction of sp³-hybridized carbons (Fsp3) is 0.158. The van der Waals surface area contributed by atoms with Gasteiger partial charge in [0.05, 0.1) is 30.9 Å². The van der Waals surface area contributed by atoms with Gasteiger partial charge in [-0.1, -0.05) is 30.3 Å². The highest BCUT2D eigenvalue weighted by molar-refractivity contribution is 7.98. The number of hydrogen-bond donors (Lipinski definition) is 1. The van der Waals surface area contributed by atoms with E-state index >= 15 is 0 Å². The van der Waals surface area contributed by atoms with E-state index in [-0.39, 0.29) is 11.1 Å². The summed E-state index contributed by atoms with van der Waals surface area (Å²) in [6.45, 7) is 0. The lowest BCUT2D eigenvalue weighted by atomic mass is 10.0. The van der Waals surface area contributed by atoms with Crippen LogP contribution < -0.4 is 0 Å². The molecule has 1 heterocycles. The fourth-order valence-corrected chi connectivity index (χ4v) is 3.68. The number of aromatic nitrogens is 1. The van der Waals surface area contributed by atoms with Crippen molar-refractivity contribution in [1.82, 2.24) is 4.98 Å². The van der Waals surface area contributed by atoms with Gasteiger partial charge < -0.3 is 14.5 Å². The molecule has 0 aliphatic rings. The topological polar surface area (TPSA) is 68.4 Å². The van der Waals surface area contributed by atoms with E-state index in [1.165, 1.54) is 19.8 Å². The second kappa shape index (κ2) is 7.44. The third-order valence-electron chi connectivity index (χ3n) is 3.84. The molecule has 2 aromatic carbocycles. The molecule has 128 valence electrons. The predicted octanol–water partition coefficient (Wildman–Crippen LogP) is 4.03. The molecule has 0 aliphatic carbocycles. The first kappa shape index (κ1) is 17.1. The molecule has 0 spiro atoms. The molecule has 0 fully saturated rings. The average molecular weight is 355 g/mol. The average Bonchev–Trinajstić information content (AvgIpc) is 3.14. The van der Waals surface area contributed by atoms with Gasteiger partial charge in [-0.3, -0.25) is 0 Å². The van der Waals surface area contributed by atoms with Gasteiger partial charge in [0.2, 0.25) is 0 Å². The number of thioether (sulfide) groups is 1. The summed E-state index contributed by atoms with van der Waals surface area (Å²) in [6, 6.07) is 13.6. The summed E-state index contributed by atoms with van der Waals surface area (Å²) in [5.41, 5.74) is 2.14. The molecule has 0 radical (unpaired) electrons. The summed E-state index contributed by atoms with van der Waals surface area (Å²) in [4.78, 5) is 28.3. The molecular weight excluding hydrogens is 338 g/mol. The van der Waals surface area contributed by atoms with E-state index < -0.39 is 11.9 Å². The quantitative estimate of drug-likeness (QED) is 0.553. The molecule has 0 aliphatic heterocycles. The summed E-state index contributed by atoms with van der Waals surface area (Å²) in [7, 11) is 2.58. The molecule has 1 aromatic heterocycles. The Morgan fingerprint density at radius 3 is 2.44 bits per heavy atom. The maximum Gasteiger partial charge on any atom is 0.340 e. The highest BCUT2D eigenvalue weighted by Crippen LogP contribution is 2.34. The molecule has 1 N–H and O–H groups in total. The first-order chi connectivity index (χ1) is 12.2. The van der Waals surface area contributed by atoms with Crippen LogP contribution in [0.15, 0.2) is 53.6 Å². The number of nitrogens with one attached hydrogen (secondary N) is 1. The van der Waals surface area contributed by atoms with Crippen molar-refractivity contribution in [2.75, 3.05) is 14.2 Å². The summed E-state index contributed by atoms with van der Waals surface area (Å²) in [5.74, 6) is -0.398. The van der Waals surface area contributed by atoms with Crippen LogP contribution in [-0.2, 0) is 15.2 Å². The van der Waals surface area contributed by atoms with Crippen LogP contribution in [0.25, 0.3) is 10.9 Å². The number of hydrogen-bond acceptors (Lipinski definition) is 5. The second-order valence-corrected chi connectivity index (χ2v) is 6.34. The van der Waals surface area contributed by atoms with Gasteiger partial charge in [0, 0.05) is 22.2 Å². The van der Waals surface area contributed by atoms with Crippen LogP contribution in [0.1, 0.15) is 26.3 Å². The highest BCUT2D eigenvalue weighted by Gasteiger charge is 2.24. The minimum Gasteiger partial charge on any atom is -0.465 e. The maximum absolute atomic E-state index is 12.2. The van der Waals surface area contributed by atoms with Crippen molar-refractivity contribution in [3.8, 4) is 0 Å². The molecule has 25 heavy (non-hydrogen) atoms. The molecule has 0 bridgehead atoms. The van der Waals surface area contributed by atoms with E-state index in [0.29, 0.717) is 5.52 Å². The number of fused-ring (bicyclic) bond motifs is 1. The van der Waals surface area contributed by atoms with Crippen LogP contribution in [0.2, 0.25) is 0 Å². The summed E-state index contributed by atoms with van der Waals surface area (Å²) >= 11 is 1.60. The fourth-order valence-electron chi connectivity index (χ4n) is 2.64. The number of aromatic amines is 1. The number of carbonyl (C=O) groups is 2. The monoisotopic (exact) mass is 355 g/mol. The molecule has 0 unspecified atom stereocenters. The molecule has 5 nitrogen and oxygen atoms in total. The van der Waals surface area contributed by atoms with Crippen LogP contribution in [0.4, 0.5) is 0 Å². The number of esters is 2. The van der Waals surface area contributed by atoms with Crippen molar-refractivity contribution in [2.24, 2.45) is 0 Å². The van der Waals surface area contributed by atoms with Gasteiger partial charge in [-0.2, -0.15) is 0 Å². The van der Waals surface area contributed by atoms with Gasteiger partial charge in [-0.05, 0) is 17.7 Å². The lowest BCUT2D eigenvalue weighted by Gasteiger charge is -2.12. The first-order valence-electron chi connectivity index (χ1n) is 7.63. The van der Waals surface area contributed by atoms with E-state index in [1.807, 2.05) is 36.4 Å². The normalized spacial score (nSPS) is 10.6. The lowest BCUT2D eigenvalue weighted by molar-refractivity contribution is 0.0556. The van der Waals surface area contributed by atoms with Gasteiger partial charge in [0.15, 0.2) is 0 Å². The van der Waals surface area contributed by atoms with Gasteiger partial charge in [-0.25, -0.2) is 9.59 Å². The number of benzene rings is 2. The standard InChI is InChI=1S/C19H17NO4S/c1-23-18(21)14-10-15(25-11-12-6-4-3-5-7-12)13-8-9-20-17(13)16(14)19(22)24-2/h3-10,20H,11H2,1-2H3. The van der Waals surface area contributed by atoms with E-state index in [4.69, 9.17) is 9.47 Å². The van der Waals surface area contributed by atoms with Crippen LogP contribution in [0.3, 0.4) is 0 Å². The molecule has 0 saturated heterocycles. The van der Waals surface area contributed by atoms with Crippen LogP contribution >= 0.6 is 11.8 Å². The molecule has 0 amide bonds. The number of ether oxygens (including phenoxy) is 2. The third kappa shape index (κ3) is 3.39. The third-order valence-corrected chi connectivity index (χ3v) is 4.97. The zero-order chi connectivity index (χ0) is 17.8. The lowest BCUT2D eigenvalue weighted by Crippen LogP contribution is -2.13. The molecule has 6 heteroatoms. The van der Waals surface area contributed by atoms with Crippen LogP contribution in [-0.4, -0.2) is 31.1 Å². The highest BCUT2D eigenvalue weighted by atomic mass is 32.2. The number of rotatable bonds is 5. The van der Waals surface area contributed by atoms with Crippen molar-refractivity contribution in [3.05, 3.63) is 65.4 Å². The largest absolute Gasteiger partial charge is 0.465 e. The summed E-state index contributed by atoms with van der Waals surface area (Å²) < 4.78 is 9.69. The van der Waals surface area contributed by atoms with E-state index in [1.54, 1.807) is 24.0 Å². The smallest absolute Gasteiger partial charge is 0.340 e. The Morgan fingerprint density at radius 1 is 1.04 bits per heavy atom. The second-order valence-electron chi connectivity index (χ2n) is 5.32. The summed E-state index contributed by atoms with van der Waals surface area (Å²) in [5, 5.41) is 0.869. The van der Waals surface area contributed by atoms with E-state index in [9.17, 15) is 9.59 Å². The molecule has 0 saturated carbocycles. The minimum atomic E-state index is -0.576. The van der Waals surface area contributed by atoms with E-state index in [0.717, 1.165) is 16.0 Å². The summed E-state index contributed by atoms with van der Waals surface area (Å²) in [6.07, 6.45) is 1.74. The zero-order valence-corrected chi connectivity index (χ0v) is 14.7. The van der Waals surface area contributed by atoms with Crippen LogP contribution in [0.5, 0.6) is 0 Å². The van der Waals surface area contributed by atoms with Crippen molar-refractivity contribution in [3.63, 3.8) is 0 Å². The number of H-pyrrole nitrogens is 1. The van der Waals surface area contributed by atoms with Crippen molar-refractivity contribution < 1.29 is 19.1 Å². The Hall–Kier alpha value is -2.73. The van der Waals surface area contributed by atoms with Crippen LogP contribution in [0, 0.1) is 0 Å². The SMILES string of the molecule is COC(=O)c1cc(SCc2ccccc2)c2cc[nH]c2c1C(=O)OC.